The van der Waals surface area contributed by atoms with Crippen LogP contribution in [-0.4, -0.2) is 50.0 Å². The van der Waals surface area contributed by atoms with Crippen LogP contribution in [0.1, 0.15) is 63.9 Å². The highest BCUT2D eigenvalue weighted by atomic mass is 19.1. The van der Waals surface area contributed by atoms with E-state index in [4.69, 9.17) is 18.9 Å². The van der Waals surface area contributed by atoms with Crippen molar-refractivity contribution in [1.82, 2.24) is 4.90 Å². The van der Waals surface area contributed by atoms with Gasteiger partial charge in [0, 0.05) is 31.0 Å². The predicted molar refractivity (Wildman–Crippen MR) is 152 cm³/mol. The lowest BCUT2D eigenvalue weighted by Gasteiger charge is -2.46. The molecule has 5 aliphatic rings. The van der Waals surface area contributed by atoms with Crippen LogP contribution in [-0.2, 0) is 9.53 Å². The maximum absolute atomic E-state index is 13.7. The molecule has 0 bridgehead atoms. The van der Waals surface area contributed by atoms with E-state index in [1.54, 1.807) is 17.7 Å². The molecule has 7 rings (SSSR count). The topological polar surface area (TPSA) is 57.2 Å². The first-order chi connectivity index (χ1) is 19.9. The lowest BCUT2D eigenvalue weighted by Crippen LogP contribution is -2.46. The summed E-state index contributed by atoms with van der Waals surface area (Å²) in [4.78, 5) is 15.7. The first-order valence-corrected chi connectivity index (χ1v) is 15.3. The lowest BCUT2D eigenvalue weighted by molar-refractivity contribution is -0.145. The van der Waals surface area contributed by atoms with Gasteiger partial charge in [-0.15, -0.1) is 0 Å². The van der Waals surface area contributed by atoms with Crippen molar-refractivity contribution in [3.05, 3.63) is 65.0 Å². The number of benzene rings is 2. The molecule has 0 aromatic heterocycles. The van der Waals surface area contributed by atoms with Crippen LogP contribution >= 0.6 is 0 Å². The Labute approximate surface area is 241 Å². The minimum absolute atomic E-state index is 0.0192. The Balaban J connectivity index is 1.07. The Kier molecular flexibility index (Phi) is 6.96. The van der Waals surface area contributed by atoms with E-state index >= 15 is 0 Å². The van der Waals surface area contributed by atoms with E-state index in [0.717, 1.165) is 56.0 Å². The summed E-state index contributed by atoms with van der Waals surface area (Å²) in [6.07, 6.45) is 6.54. The zero-order valence-electron chi connectivity index (χ0n) is 24.1. The Morgan fingerprint density at radius 1 is 1.12 bits per heavy atom. The van der Waals surface area contributed by atoms with Crippen molar-refractivity contribution in [3.63, 3.8) is 0 Å². The first-order valence-electron chi connectivity index (χ1n) is 15.3. The smallest absolute Gasteiger partial charge is 0.310 e. The molecule has 3 fully saturated rings. The molecule has 2 aliphatic carbocycles. The number of allylic oxidation sites excluding steroid dienone is 2. The summed E-state index contributed by atoms with van der Waals surface area (Å²) in [5, 5.41) is 0. The SMILES string of the molecule is CC1=C2C[C@@H]3[C@H](CN4CC[C@H](c5ccc(F)cc5)[C@H](COc5ccc6c(c5)OCO6)C4)C(=O)O[C@@H]3C[C@@]2(C)CCC1. The first kappa shape index (κ1) is 26.8. The Bertz CT molecular complexity index is 1340. The minimum atomic E-state index is -0.222. The van der Waals surface area contributed by atoms with E-state index in [0.29, 0.717) is 12.4 Å². The zero-order chi connectivity index (χ0) is 28.1. The number of esters is 1. The molecule has 2 aromatic rings. The molecule has 1 saturated carbocycles. The van der Waals surface area contributed by atoms with Gasteiger partial charge in [0.25, 0.3) is 0 Å². The molecule has 0 N–H and O–H groups in total. The average Bonchev–Trinajstić information content (AvgIpc) is 3.54. The van der Waals surface area contributed by atoms with Gasteiger partial charge in [-0.05, 0) is 93.2 Å². The van der Waals surface area contributed by atoms with Gasteiger partial charge >= 0.3 is 5.97 Å². The summed E-state index contributed by atoms with van der Waals surface area (Å²) >= 11 is 0. The van der Waals surface area contributed by atoms with Crippen LogP contribution in [0, 0.1) is 29.0 Å². The van der Waals surface area contributed by atoms with Gasteiger partial charge in [0.2, 0.25) is 6.79 Å². The second-order valence-corrected chi connectivity index (χ2v) is 13.1. The monoisotopic (exact) mass is 561 g/mol. The molecule has 6 nitrogen and oxygen atoms in total. The number of hydrogen-bond acceptors (Lipinski definition) is 6. The number of nitrogens with zero attached hydrogens (tertiary/aromatic N) is 1. The number of likely N-dealkylation sites (tertiary alicyclic amines) is 1. The molecule has 218 valence electrons. The average molecular weight is 562 g/mol. The van der Waals surface area contributed by atoms with Gasteiger partial charge in [0.15, 0.2) is 11.5 Å². The molecular formula is C34H40FNO5. The molecule has 7 heteroatoms. The maximum Gasteiger partial charge on any atom is 0.310 e. The highest BCUT2D eigenvalue weighted by Gasteiger charge is 2.53. The number of piperidine rings is 1. The molecule has 2 saturated heterocycles. The summed E-state index contributed by atoms with van der Waals surface area (Å²) in [7, 11) is 0. The van der Waals surface area contributed by atoms with Crippen LogP contribution in [0.15, 0.2) is 53.6 Å². The van der Waals surface area contributed by atoms with Crippen LogP contribution in [0.25, 0.3) is 0 Å². The molecule has 41 heavy (non-hydrogen) atoms. The van der Waals surface area contributed by atoms with Gasteiger partial charge in [-0.1, -0.05) is 30.2 Å². The van der Waals surface area contributed by atoms with Crippen molar-refractivity contribution in [2.75, 3.05) is 33.0 Å². The van der Waals surface area contributed by atoms with E-state index in [9.17, 15) is 9.18 Å². The van der Waals surface area contributed by atoms with Gasteiger partial charge in [-0.2, -0.15) is 0 Å². The van der Waals surface area contributed by atoms with E-state index in [2.05, 4.69) is 18.7 Å². The summed E-state index contributed by atoms with van der Waals surface area (Å²) in [5.74, 6) is 2.53. The van der Waals surface area contributed by atoms with Crippen molar-refractivity contribution >= 4 is 5.97 Å². The molecule has 0 unspecified atom stereocenters. The molecule has 6 atom stereocenters. The second-order valence-electron chi connectivity index (χ2n) is 13.1. The number of rotatable bonds is 6. The third-order valence-corrected chi connectivity index (χ3v) is 10.6. The van der Waals surface area contributed by atoms with Crippen molar-refractivity contribution in [2.24, 2.45) is 23.2 Å². The summed E-state index contributed by atoms with van der Waals surface area (Å²) in [5.41, 5.74) is 4.45. The van der Waals surface area contributed by atoms with Gasteiger partial charge in [-0.3, -0.25) is 4.79 Å². The Morgan fingerprint density at radius 2 is 1.95 bits per heavy atom. The predicted octanol–water partition coefficient (Wildman–Crippen LogP) is 6.50. The highest BCUT2D eigenvalue weighted by molar-refractivity contribution is 5.76. The van der Waals surface area contributed by atoms with Crippen LogP contribution in [0.2, 0.25) is 0 Å². The molecule has 0 radical (unpaired) electrons. The fourth-order valence-corrected chi connectivity index (χ4v) is 8.36. The van der Waals surface area contributed by atoms with Crippen LogP contribution in [0.3, 0.4) is 0 Å². The van der Waals surface area contributed by atoms with E-state index < -0.39 is 0 Å². The summed E-state index contributed by atoms with van der Waals surface area (Å²) in [6, 6.07) is 12.6. The van der Waals surface area contributed by atoms with Crippen LogP contribution < -0.4 is 14.2 Å². The van der Waals surface area contributed by atoms with Crippen molar-refractivity contribution in [3.8, 4) is 17.2 Å². The number of fused-ring (bicyclic) bond motifs is 3. The summed E-state index contributed by atoms with van der Waals surface area (Å²) < 4.78 is 37.1. The van der Waals surface area contributed by atoms with Gasteiger partial charge < -0.3 is 23.8 Å². The van der Waals surface area contributed by atoms with Crippen molar-refractivity contribution in [2.45, 2.75) is 64.4 Å². The molecule has 0 spiro atoms. The molecule has 3 aliphatic heterocycles. The molecule has 0 amide bonds. The fraction of sp³-hybridized carbons (Fsp3) is 0.559. The normalized spacial score (nSPS) is 32.9. The maximum atomic E-state index is 13.7. The number of halogens is 1. The molecular weight excluding hydrogens is 521 g/mol. The second kappa shape index (κ2) is 10.6. The van der Waals surface area contributed by atoms with Crippen molar-refractivity contribution in [1.29, 1.82) is 0 Å². The third-order valence-electron chi connectivity index (χ3n) is 10.6. The number of carbonyl (C=O) groups excluding carboxylic acids is 1. The standard InChI is InChI=1S/C34H40FNO5/c1-21-4-3-12-34(2)16-32-27(15-29(21)34)28(33(37)41-32)18-36-13-11-26(22-5-7-24(35)8-6-22)23(17-36)19-38-25-9-10-30-31(14-25)40-20-39-30/h5-10,14,23,26-28,32H,3-4,11-13,15-20H2,1-2H3/t23-,26+,27+,28-,32+,34+/m0/s1. The van der Waals surface area contributed by atoms with Gasteiger partial charge in [0.1, 0.15) is 17.7 Å². The van der Waals surface area contributed by atoms with Crippen LogP contribution in [0.4, 0.5) is 4.39 Å². The molecule has 3 heterocycles. The Morgan fingerprint density at radius 3 is 2.80 bits per heavy atom. The van der Waals surface area contributed by atoms with Gasteiger partial charge in [0.05, 0.1) is 12.5 Å². The zero-order valence-corrected chi connectivity index (χ0v) is 24.1. The number of hydrogen-bond donors (Lipinski definition) is 0. The molecule has 2 aromatic carbocycles. The van der Waals surface area contributed by atoms with Crippen molar-refractivity contribution < 1.29 is 28.1 Å². The quantitative estimate of drug-likeness (QED) is 0.297. The lowest BCUT2D eigenvalue weighted by atomic mass is 9.59. The number of ether oxygens (including phenoxy) is 4. The van der Waals surface area contributed by atoms with Crippen LogP contribution in [0.5, 0.6) is 17.2 Å². The minimum Gasteiger partial charge on any atom is -0.493 e. The van der Waals surface area contributed by atoms with E-state index in [-0.39, 0.29) is 53.8 Å². The third kappa shape index (κ3) is 5.11. The largest absolute Gasteiger partial charge is 0.493 e. The van der Waals surface area contributed by atoms with Gasteiger partial charge in [-0.25, -0.2) is 4.39 Å². The number of carbonyl (C=O) groups is 1. The van der Waals surface area contributed by atoms with E-state index in [1.165, 1.54) is 24.8 Å². The Hall–Kier alpha value is -3.06. The fourth-order valence-electron chi connectivity index (χ4n) is 8.36. The highest BCUT2D eigenvalue weighted by Crippen LogP contribution is 2.55. The van der Waals surface area contributed by atoms with E-state index in [1.807, 2.05) is 30.3 Å². The summed E-state index contributed by atoms with van der Waals surface area (Å²) in [6.45, 7) is 7.85.